The Bertz CT molecular complexity index is 374. The summed E-state index contributed by atoms with van der Waals surface area (Å²) in [7, 11) is 0. The molecule has 0 saturated heterocycles. The lowest BCUT2D eigenvalue weighted by molar-refractivity contribution is -0.0249. The standard InChI is InChI=1S/C15H23F2N/c1-11(2)9-15(16,17)13-7-5-12(6-8-13)10-14(3,4)18/h5-8,11H,9-10,18H2,1-4H3. The zero-order chi connectivity index (χ0) is 14.0. The smallest absolute Gasteiger partial charge is 0.273 e. The Kier molecular flexibility index (Phi) is 4.49. The number of halogens is 2. The average molecular weight is 255 g/mol. The third-order valence-electron chi connectivity index (χ3n) is 2.70. The number of nitrogens with two attached hydrogens (primary N) is 1. The topological polar surface area (TPSA) is 26.0 Å². The first kappa shape index (κ1) is 15.1. The van der Waals surface area contributed by atoms with E-state index in [1.54, 1.807) is 26.0 Å². The Balaban J connectivity index is 2.82. The van der Waals surface area contributed by atoms with Crippen LogP contribution in [0.5, 0.6) is 0 Å². The van der Waals surface area contributed by atoms with Crippen LogP contribution < -0.4 is 5.73 Å². The Morgan fingerprint density at radius 1 is 1.11 bits per heavy atom. The summed E-state index contributed by atoms with van der Waals surface area (Å²) in [6.45, 7) is 7.46. The second-order valence-electron chi connectivity index (χ2n) is 6.16. The highest BCUT2D eigenvalue weighted by atomic mass is 19.3. The largest absolute Gasteiger partial charge is 0.325 e. The van der Waals surface area contributed by atoms with Crippen molar-refractivity contribution in [3.63, 3.8) is 0 Å². The van der Waals surface area contributed by atoms with Crippen molar-refractivity contribution < 1.29 is 8.78 Å². The lowest BCUT2D eigenvalue weighted by Crippen LogP contribution is -2.34. The molecule has 0 unspecified atom stereocenters. The van der Waals surface area contributed by atoms with E-state index in [-0.39, 0.29) is 23.4 Å². The van der Waals surface area contributed by atoms with Crippen molar-refractivity contribution in [2.24, 2.45) is 11.7 Å². The van der Waals surface area contributed by atoms with Crippen LogP contribution in [0.1, 0.15) is 45.2 Å². The molecule has 0 radical (unpaired) electrons. The van der Waals surface area contributed by atoms with Crippen LogP contribution in [0.4, 0.5) is 8.78 Å². The van der Waals surface area contributed by atoms with E-state index in [1.807, 2.05) is 13.8 Å². The molecular formula is C15H23F2N. The van der Waals surface area contributed by atoms with Gasteiger partial charge in [0.1, 0.15) is 0 Å². The molecule has 0 bridgehead atoms. The molecule has 18 heavy (non-hydrogen) atoms. The van der Waals surface area contributed by atoms with Crippen LogP contribution in [0, 0.1) is 5.92 Å². The van der Waals surface area contributed by atoms with Gasteiger partial charge in [0, 0.05) is 17.5 Å². The van der Waals surface area contributed by atoms with Crippen molar-refractivity contribution in [3.8, 4) is 0 Å². The van der Waals surface area contributed by atoms with Crippen molar-refractivity contribution in [2.45, 2.75) is 52.0 Å². The van der Waals surface area contributed by atoms with Gasteiger partial charge in [-0.1, -0.05) is 38.1 Å². The minimum atomic E-state index is -2.75. The van der Waals surface area contributed by atoms with Gasteiger partial charge < -0.3 is 5.73 Å². The number of benzene rings is 1. The fourth-order valence-corrected chi connectivity index (χ4v) is 2.02. The minimum absolute atomic E-state index is 0.0253. The van der Waals surface area contributed by atoms with Gasteiger partial charge in [-0.2, -0.15) is 0 Å². The summed E-state index contributed by atoms with van der Waals surface area (Å²) < 4.78 is 27.7. The van der Waals surface area contributed by atoms with Crippen LogP contribution in [0.3, 0.4) is 0 Å². The molecule has 0 amide bonds. The quantitative estimate of drug-likeness (QED) is 0.842. The average Bonchev–Trinajstić information content (AvgIpc) is 2.13. The highest BCUT2D eigenvalue weighted by molar-refractivity contribution is 5.27. The number of hydrogen-bond acceptors (Lipinski definition) is 1. The lowest BCUT2D eigenvalue weighted by atomic mass is 9.93. The van der Waals surface area contributed by atoms with E-state index in [0.717, 1.165) is 5.56 Å². The van der Waals surface area contributed by atoms with Crippen LogP contribution in [-0.2, 0) is 12.3 Å². The third kappa shape index (κ3) is 4.73. The molecule has 0 aliphatic rings. The molecule has 102 valence electrons. The highest BCUT2D eigenvalue weighted by Crippen LogP contribution is 2.34. The lowest BCUT2D eigenvalue weighted by Gasteiger charge is -2.21. The van der Waals surface area contributed by atoms with Gasteiger partial charge in [0.25, 0.3) is 5.92 Å². The van der Waals surface area contributed by atoms with E-state index >= 15 is 0 Å². The Labute approximate surface area is 108 Å². The molecule has 0 spiro atoms. The fraction of sp³-hybridized carbons (Fsp3) is 0.600. The first-order chi connectivity index (χ1) is 8.10. The van der Waals surface area contributed by atoms with Gasteiger partial charge in [-0.3, -0.25) is 0 Å². The minimum Gasteiger partial charge on any atom is -0.325 e. The summed E-state index contributed by atoms with van der Waals surface area (Å²) in [5.41, 5.74) is 6.68. The van der Waals surface area contributed by atoms with Gasteiger partial charge in [0.15, 0.2) is 0 Å². The van der Waals surface area contributed by atoms with Crippen molar-refractivity contribution in [2.75, 3.05) is 0 Å². The zero-order valence-electron chi connectivity index (χ0n) is 11.6. The predicted octanol–water partition coefficient (Wildman–Crippen LogP) is 4.10. The molecule has 0 fully saturated rings. The van der Waals surface area contributed by atoms with E-state index in [1.165, 1.54) is 12.1 Å². The molecule has 2 N–H and O–H groups in total. The van der Waals surface area contributed by atoms with Crippen molar-refractivity contribution in [1.29, 1.82) is 0 Å². The molecule has 1 rings (SSSR count). The predicted molar refractivity (Wildman–Crippen MR) is 71.8 cm³/mol. The first-order valence-corrected chi connectivity index (χ1v) is 6.36. The number of hydrogen-bond donors (Lipinski definition) is 1. The molecule has 3 heteroatoms. The summed E-state index contributed by atoms with van der Waals surface area (Å²) in [5.74, 6) is -2.77. The van der Waals surface area contributed by atoms with E-state index in [2.05, 4.69) is 0 Å². The van der Waals surface area contributed by atoms with Crippen LogP contribution in [-0.4, -0.2) is 5.54 Å². The zero-order valence-corrected chi connectivity index (χ0v) is 11.6. The second-order valence-corrected chi connectivity index (χ2v) is 6.16. The molecule has 0 atom stereocenters. The van der Waals surface area contributed by atoms with Crippen molar-refractivity contribution in [3.05, 3.63) is 35.4 Å². The molecule has 1 aromatic carbocycles. The van der Waals surface area contributed by atoms with Crippen LogP contribution in [0.15, 0.2) is 24.3 Å². The van der Waals surface area contributed by atoms with Crippen molar-refractivity contribution in [1.82, 2.24) is 0 Å². The maximum absolute atomic E-state index is 13.9. The van der Waals surface area contributed by atoms with Gasteiger partial charge in [-0.15, -0.1) is 0 Å². The number of rotatable bonds is 5. The molecule has 0 aliphatic carbocycles. The normalized spacial score (nSPS) is 13.1. The molecular weight excluding hydrogens is 232 g/mol. The van der Waals surface area contributed by atoms with E-state index in [9.17, 15) is 8.78 Å². The van der Waals surface area contributed by atoms with Crippen molar-refractivity contribution >= 4 is 0 Å². The molecule has 0 aliphatic heterocycles. The van der Waals surface area contributed by atoms with E-state index < -0.39 is 5.92 Å². The second kappa shape index (κ2) is 5.35. The summed E-state index contributed by atoms with van der Waals surface area (Å²) in [4.78, 5) is 0. The monoisotopic (exact) mass is 255 g/mol. The van der Waals surface area contributed by atoms with Crippen LogP contribution in [0.25, 0.3) is 0 Å². The van der Waals surface area contributed by atoms with Gasteiger partial charge in [0.2, 0.25) is 0 Å². The van der Waals surface area contributed by atoms with Gasteiger partial charge >= 0.3 is 0 Å². The molecule has 0 aromatic heterocycles. The third-order valence-corrected chi connectivity index (χ3v) is 2.70. The first-order valence-electron chi connectivity index (χ1n) is 6.36. The summed E-state index contributed by atoms with van der Waals surface area (Å²) in [6, 6.07) is 6.53. The molecule has 1 aromatic rings. The van der Waals surface area contributed by atoms with Gasteiger partial charge in [-0.05, 0) is 31.7 Å². The molecule has 0 saturated carbocycles. The fourth-order valence-electron chi connectivity index (χ4n) is 2.02. The van der Waals surface area contributed by atoms with Crippen LogP contribution in [0.2, 0.25) is 0 Å². The van der Waals surface area contributed by atoms with E-state index in [4.69, 9.17) is 5.73 Å². The van der Waals surface area contributed by atoms with Gasteiger partial charge in [-0.25, -0.2) is 8.78 Å². The maximum atomic E-state index is 13.9. The van der Waals surface area contributed by atoms with Gasteiger partial charge in [0.05, 0.1) is 0 Å². The molecule has 0 heterocycles. The Morgan fingerprint density at radius 2 is 1.61 bits per heavy atom. The Hall–Kier alpha value is -0.960. The maximum Gasteiger partial charge on any atom is 0.273 e. The summed E-state index contributed by atoms with van der Waals surface area (Å²) >= 11 is 0. The van der Waals surface area contributed by atoms with E-state index in [0.29, 0.717) is 6.42 Å². The summed E-state index contributed by atoms with van der Waals surface area (Å²) in [6.07, 6.45) is 0.567. The molecule has 1 nitrogen and oxygen atoms in total. The summed E-state index contributed by atoms with van der Waals surface area (Å²) in [5, 5.41) is 0. The highest BCUT2D eigenvalue weighted by Gasteiger charge is 2.32. The number of alkyl halides is 2. The SMILES string of the molecule is CC(C)CC(F)(F)c1ccc(CC(C)(C)N)cc1. The van der Waals surface area contributed by atoms with Crippen LogP contribution >= 0.6 is 0 Å². The Morgan fingerprint density at radius 3 is 2.00 bits per heavy atom.